The summed E-state index contributed by atoms with van der Waals surface area (Å²) in [5.41, 5.74) is 2.31. The van der Waals surface area contributed by atoms with Gasteiger partial charge in [-0.25, -0.2) is 0 Å². The molecular weight excluding hydrogens is 258 g/mol. The molecule has 0 aliphatic carbocycles. The molecule has 1 aromatic rings. The van der Waals surface area contributed by atoms with Gasteiger partial charge in [0.1, 0.15) is 0 Å². The minimum absolute atomic E-state index is 0.195. The average molecular weight is 289 g/mol. The van der Waals surface area contributed by atoms with Crippen LogP contribution in [0, 0.1) is 0 Å². The second-order valence-corrected chi connectivity index (χ2v) is 7.69. The Labute approximate surface area is 130 Å². The van der Waals surface area contributed by atoms with Gasteiger partial charge in [-0.15, -0.1) is 0 Å². The molecule has 1 heterocycles. The maximum atomic E-state index is 10.8. The van der Waals surface area contributed by atoms with Gasteiger partial charge in [0.2, 0.25) is 0 Å². The number of hydrogen-bond donors (Lipinski definition) is 1. The zero-order valence-corrected chi connectivity index (χ0v) is 14.2. The number of aliphatic hydroxyl groups is 1. The van der Waals surface area contributed by atoms with Gasteiger partial charge in [-0.3, -0.25) is 0 Å². The SMILES string of the molecule is CCCN1CCC(O)(Cc2ccc(C(C)(C)C)cc2)CC1. The van der Waals surface area contributed by atoms with Crippen molar-refractivity contribution in [2.75, 3.05) is 19.6 Å². The Morgan fingerprint density at radius 3 is 2.14 bits per heavy atom. The van der Waals surface area contributed by atoms with Gasteiger partial charge >= 0.3 is 0 Å². The number of rotatable bonds is 4. The number of piperidine rings is 1. The summed E-state index contributed by atoms with van der Waals surface area (Å²) < 4.78 is 0. The van der Waals surface area contributed by atoms with Crippen LogP contribution in [0.3, 0.4) is 0 Å². The molecule has 1 aliphatic rings. The van der Waals surface area contributed by atoms with Crippen molar-refractivity contribution < 1.29 is 5.11 Å². The summed E-state index contributed by atoms with van der Waals surface area (Å²) in [6.07, 6.45) is 3.78. The van der Waals surface area contributed by atoms with Gasteiger partial charge in [-0.1, -0.05) is 52.0 Å². The summed E-state index contributed by atoms with van der Waals surface area (Å²) in [6.45, 7) is 12.2. The van der Waals surface area contributed by atoms with E-state index >= 15 is 0 Å². The smallest absolute Gasteiger partial charge is 0.0712 e. The van der Waals surface area contributed by atoms with Gasteiger partial charge in [0, 0.05) is 19.5 Å². The van der Waals surface area contributed by atoms with Crippen LogP contribution in [0.25, 0.3) is 0 Å². The summed E-state index contributed by atoms with van der Waals surface area (Å²) in [5.74, 6) is 0. The molecule has 2 heteroatoms. The molecule has 0 amide bonds. The Bertz CT molecular complexity index is 436. The van der Waals surface area contributed by atoms with E-state index < -0.39 is 5.60 Å². The minimum Gasteiger partial charge on any atom is -0.389 e. The van der Waals surface area contributed by atoms with Gasteiger partial charge in [-0.05, 0) is 42.3 Å². The van der Waals surface area contributed by atoms with Crippen LogP contribution >= 0.6 is 0 Å². The molecule has 1 fully saturated rings. The highest BCUT2D eigenvalue weighted by Gasteiger charge is 2.32. The quantitative estimate of drug-likeness (QED) is 0.912. The molecule has 0 bridgehead atoms. The molecule has 0 saturated carbocycles. The maximum Gasteiger partial charge on any atom is 0.0712 e. The van der Waals surface area contributed by atoms with E-state index in [1.54, 1.807) is 0 Å². The standard InChI is InChI=1S/C19H31NO/c1-5-12-20-13-10-19(21,11-14-20)15-16-6-8-17(9-7-16)18(2,3)4/h6-9,21H,5,10-15H2,1-4H3. The van der Waals surface area contributed by atoms with E-state index in [0.29, 0.717) is 0 Å². The number of nitrogens with zero attached hydrogens (tertiary/aromatic N) is 1. The number of likely N-dealkylation sites (tertiary alicyclic amines) is 1. The van der Waals surface area contributed by atoms with Crippen LogP contribution in [0.2, 0.25) is 0 Å². The second kappa shape index (κ2) is 6.50. The van der Waals surface area contributed by atoms with Crippen molar-refractivity contribution in [3.63, 3.8) is 0 Å². The Morgan fingerprint density at radius 1 is 1.10 bits per heavy atom. The van der Waals surface area contributed by atoms with Gasteiger partial charge in [0.05, 0.1) is 5.60 Å². The predicted octanol–water partition coefficient (Wildman–Crippen LogP) is 3.76. The lowest BCUT2D eigenvalue weighted by molar-refractivity contribution is -0.0205. The highest BCUT2D eigenvalue weighted by atomic mass is 16.3. The van der Waals surface area contributed by atoms with Crippen molar-refractivity contribution in [2.24, 2.45) is 0 Å². The third-order valence-electron chi connectivity index (χ3n) is 4.68. The highest BCUT2D eigenvalue weighted by molar-refractivity contribution is 5.28. The van der Waals surface area contributed by atoms with Crippen LogP contribution < -0.4 is 0 Å². The molecule has 2 rings (SSSR count). The molecule has 1 saturated heterocycles. The summed E-state index contributed by atoms with van der Waals surface area (Å²) >= 11 is 0. The van der Waals surface area contributed by atoms with E-state index in [9.17, 15) is 5.11 Å². The number of benzene rings is 1. The molecule has 0 spiro atoms. The molecule has 0 radical (unpaired) electrons. The van der Waals surface area contributed by atoms with Gasteiger partial charge in [0.25, 0.3) is 0 Å². The summed E-state index contributed by atoms with van der Waals surface area (Å²) in [7, 11) is 0. The maximum absolute atomic E-state index is 10.8. The van der Waals surface area contributed by atoms with Crippen LogP contribution in [0.5, 0.6) is 0 Å². The first-order chi connectivity index (χ1) is 9.82. The first-order valence-electron chi connectivity index (χ1n) is 8.36. The first-order valence-corrected chi connectivity index (χ1v) is 8.36. The van der Waals surface area contributed by atoms with Crippen molar-refractivity contribution in [1.29, 1.82) is 0 Å². The van der Waals surface area contributed by atoms with Crippen LogP contribution in [0.15, 0.2) is 24.3 Å². The fourth-order valence-electron chi connectivity index (χ4n) is 3.19. The highest BCUT2D eigenvalue weighted by Crippen LogP contribution is 2.28. The Balaban J connectivity index is 1.95. The zero-order chi connectivity index (χ0) is 15.5. The monoisotopic (exact) mass is 289 g/mol. The summed E-state index contributed by atoms with van der Waals surface area (Å²) in [6, 6.07) is 8.81. The Kier molecular flexibility index (Phi) is 5.11. The first kappa shape index (κ1) is 16.5. The lowest BCUT2D eigenvalue weighted by Crippen LogP contribution is -2.45. The third kappa shape index (κ3) is 4.55. The van der Waals surface area contributed by atoms with Crippen molar-refractivity contribution in [1.82, 2.24) is 4.90 Å². The van der Waals surface area contributed by atoms with Crippen LogP contribution in [-0.2, 0) is 11.8 Å². The molecule has 21 heavy (non-hydrogen) atoms. The molecule has 2 nitrogen and oxygen atoms in total. The van der Waals surface area contributed by atoms with Crippen LogP contribution in [0.4, 0.5) is 0 Å². The molecular formula is C19H31NO. The second-order valence-electron chi connectivity index (χ2n) is 7.69. The average Bonchev–Trinajstić information content (AvgIpc) is 2.41. The van der Waals surface area contributed by atoms with E-state index in [4.69, 9.17) is 0 Å². The fraction of sp³-hybridized carbons (Fsp3) is 0.684. The van der Waals surface area contributed by atoms with Crippen molar-refractivity contribution in [2.45, 2.75) is 64.4 Å². The van der Waals surface area contributed by atoms with Gasteiger partial charge < -0.3 is 10.0 Å². The molecule has 1 N–H and O–H groups in total. The van der Waals surface area contributed by atoms with E-state index in [0.717, 1.165) is 38.9 Å². The Morgan fingerprint density at radius 2 is 1.67 bits per heavy atom. The molecule has 1 aliphatic heterocycles. The lowest BCUT2D eigenvalue weighted by Gasteiger charge is -2.38. The normalized spacial score (nSPS) is 19.7. The van der Waals surface area contributed by atoms with E-state index in [1.807, 2.05) is 0 Å². The van der Waals surface area contributed by atoms with Crippen molar-refractivity contribution in [3.8, 4) is 0 Å². The zero-order valence-electron chi connectivity index (χ0n) is 14.2. The molecule has 1 aromatic carbocycles. The van der Waals surface area contributed by atoms with Crippen LogP contribution in [-0.4, -0.2) is 35.2 Å². The summed E-state index contributed by atoms with van der Waals surface area (Å²) in [5, 5.41) is 10.8. The minimum atomic E-state index is -0.506. The molecule has 118 valence electrons. The fourth-order valence-corrected chi connectivity index (χ4v) is 3.19. The number of hydrogen-bond acceptors (Lipinski definition) is 2. The van der Waals surface area contributed by atoms with E-state index in [1.165, 1.54) is 17.5 Å². The molecule has 0 atom stereocenters. The van der Waals surface area contributed by atoms with E-state index in [-0.39, 0.29) is 5.41 Å². The molecule has 0 aromatic heterocycles. The van der Waals surface area contributed by atoms with E-state index in [2.05, 4.69) is 56.9 Å². The summed E-state index contributed by atoms with van der Waals surface area (Å²) in [4.78, 5) is 2.47. The van der Waals surface area contributed by atoms with Gasteiger partial charge in [-0.2, -0.15) is 0 Å². The van der Waals surface area contributed by atoms with Gasteiger partial charge in [0.15, 0.2) is 0 Å². The Hall–Kier alpha value is -0.860. The van der Waals surface area contributed by atoms with Crippen LogP contribution in [0.1, 0.15) is 58.1 Å². The molecule has 0 unspecified atom stereocenters. The van der Waals surface area contributed by atoms with Crippen molar-refractivity contribution >= 4 is 0 Å². The topological polar surface area (TPSA) is 23.5 Å². The lowest BCUT2D eigenvalue weighted by atomic mass is 9.83. The van der Waals surface area contributed by atoms with Crippen molar-refractivity contribution in [3.05, 3.63) is 35.4 Å². The third-order valence-corrected chi connectivity index (χ3v) is 4.68. The largest absolute Gasteiger partial charge is 0.389 e. The predicted molar refractivity (Wildman–Crippen MR) is 89.8 cm³/mol.